The molecule has 2 N–H and O–H groups in total. The van der Waals surface area contributed by atoms with E-state index in [9.17, 15) is 18.4 Å². The highest BCUT2D eigenvalue weighted by Gasteiger charge is 2.27. The number of carbonyl (C=O) groups is 2. The number of rotatable bonds is 3. The fourth-order valence-electron chi connectivity index (χ4n) is 2.61. The third kappa shape index (κ3) is 2.45. The predicted molar refractivity (Wildman–Crippen MR) is 73.4 cm³/mol. The second-order valence-corrected chi connectivity index (χ2v) is 5.11. The molecule has 3 rings (SSSR count). The number of fused-ring (bicyclic) bond motifs is 1. The first-order valence-electron chi connectivity index (χ1n) is 6.63. The molecule has 0 unspecified atom stereocenters. The first kappa shape index (κ1) is 14.2. The Morgan fingerprint density at radius 2 is 2.14 bits per heavy atom. The fourth-order valence-corrected chi connectivity index (χ4v) is 2.61. The summed E-state index contributed by atoms with van der Waals surface area (Å²) in [5, 5.41) is 11.5. The van der Waals surface area contributed by atoms with E-state index >= 15 is 0 Å². The molecule has 0 fully saturated rings. The maximum absolute atomic E-state index is 13.9. The SMILES string of the molecule is O=C(O)C[C@@H]1CNC(=O)c2cc(-c3ccc(F)cc3F)cn21. The molecule has 1 aliphatic rings. The van der Waals surface area contributed by atoms with E-state index in [1.54, 1.807) is 0 Å². The number of benzene rings is 1. The van der Waals surface area contributed by atoms with E-state index < -0.39 is 23.6 Å². The van der Waals surface area contributed by atoms with E-state index in [0.717, 1.165) is 12.1 Å². The molecule has 7 heteroatoms. The third-order valence-corrected chi connectivity index (χ3v) is 3.63. The van der Waals surface area contributed by atoms with Gasteiger partial charge in [0.15, 0.2) is 0 Å². The van der Waals surface area contributed by atoms with Crippen LogP contribution in [-0.2, 0) is 4.79 Å². The number of nitrogens with zero attached hydrogens (tertiary/aromatic N) is 1. The Bertz CT molecular complexity index is 770. The van der Waals surface area contributed by atoms with Gasteiger partial charge in [0.25, 0.3) is 5.91 Å². The zero-order chi connectivity index (χ0) is 15.9. The Morgan fingerprint density at radius 1 is 1.36 bits per heavy atom. The number of carbonyl (C=O) groups excluding carboxylic acids is 1. The minimum absolute atomic E-state index is 0.158. The summed E-state index contributed by atoms with van der Waals surface area (Å²) in [4.78, 5) is 22.8. The van der Waals surface area contributed by atoms with Crippen LogP contribution in [0.5, 0.6) is 0 Å². The van der Waals surface area contributed by atoms with Crippen molar-refractivity contribution in [3.8, 4) is 11.1 Å². The van der Waals surface area contributed by atoms with Crippen molar-refractivity contribution in [3.63, 3.8) is 0 Å². The molecule has 0 aliphatic carbocycles. The van der Waals surface area contributed by atoms with Gasteiger partial charge in [-0.25, -0.2) is 8.78 Å². The van der Waals surface area contributed by atoms with Crippen molar-refractivity contribution in [1.29, 1.82) is 0 Å². The van der Waals surface area contributed by atoms with Crippen LogP contribution in [0.15, 0.2) is 30.5 Å². The van der Waals surface area contributed by atoms with E-state index in [-0.39, 0.29) is 30.1 Å². The van der Waals surface area contributed by atoms with Gasteiger partial charge in [-0.3, -0.25) is 9.59 Å². The molecular weight excluding hydrogens is 294 g/mol. The van der Waals surface area contributed by atoms with Crippen LogP contribution in [0.25, 0.3) is 11.1 Å². The normalized spacial score (nSPS) is 17.0. The molecule has 0 saturated carbocycles. The van der Waals surface area contributed by atoms with Crippen LogP contribution >= 0.6 is 0 Å². The lowest BCUT2D eigenvalue weighted by molar-refractivity contribution is -0.137. The number of hydrogen-bond donors (Lipinski definition) is 2. The van der Waals surface area contributed by atoms with E-state index in [4.69, 9.17) is 5.11 Å². The Kier molecular flexibility index (Phi) is 3.40. The van der Waals surface area contributed by atoms with Gasteiger partial charge in [0.2, 0.25) is 0 Å². The lowest BCUT2D eigenvalue weighted by Crippen LogP contribution is -2.39. The first-order valence-corrected chi connectivity index (χ1v) is 6.63. The van der Waals surface area contributed by atoms with Crippen molar-refractivity contribution in [3.05, 3.63) is 47.8 Å². The zero-order valence-electron chi connectivity index (χ0n) is 11.3. The topological polar surface area (TPSA) is 71.3 Å². The van der Waals surface area contributed by atoms with Crippen molar-refractivity contribution < 1.29 is 23.5 Å². The molecule has 0 spiro atoms. The van der Waals surface area contributed by atoms with Crippen molar-refractivity contribution in [1.82, 2.24) is 9.88 Å². The predicted octanol–water partition coefficient (Wildman–Crippen LogP) is 2.19. The van der Waals surface area contributed by atoms with Crippen LogP contribution in [0.2, 0.25) is 0 Å². The molecule has 1 atom stereocenters. The second-order valence-electron chi connectivity index (χ2n) is 5.11. The molecule has 1 amide bonds. The lowest BCUT2D eigenvalue weighted by atomic mass is 10.1. The van der Waals surface area contributed by atoms with Crippen molar-refractivity contribution >= 4 is 11.9 Å². The number of nitrogens with one attached hydrogen (secondary N) is 1. The maximum Gasteiger partial charge on any atom is 0.305 e. The zero-order valence-corrected chi connectivity index (χ0v) is 11.3. The van der Waals surface area contributed by atoms with Gasteiger partial charge >= 0.3 is 5.97 Å². The number of carboxylic acid groups (broad SMARTS) is 1. The third-order valence-electron chi connectivity index (χ3n) is 3.63. The van der Waals surface area contributed by atoms with Crippen LogP contribution in [0.3, 0.4) is 0 Å². The molecule has 1 aromatic carbocycles. The van der Waals surface area contributed by atoms with Gasteiger partial charge in [-0.05, 0) is 18.2 Å². The smallest absolute Gasteiger partial charge is 0.305 e. The highest BCUT2D eigenvalue weighted by atomic mass is 19.1. The summed E-state index contributed by atoms with van der Waals surface area (Å²) in [6.07, 6.45) is 1.37. The summed E-state index contributed by atoms with van der Waals surface area (Å²) < 4.78 is 28.4. The van der Waals surface area contributed by atoms with Crippen LogP contribution in [-0.4, -0.2) is 28.1 Å². The van der Waals surface area contributed by atoms with Crippen LogP contribution in [0.1, 0.15) is 23.0 Å². The van der Waals surface area contributed by atoms with Gasteiger partial charge in [-0.2, -0.15) is 0 Å². The van der Waals surface area contributed by atoms with Crippen molar-refractivity contribution in [2.24, 2.45) is 0 Å². The monoisotopic (exact) mass is 306 g/mol. The van der Waals surface area contributed by atoms with Gasteiger partial charge in [0, 0.05) is 29.9 Å². The number of aliphatic carboxylic acids is 1. The molecule has 2 aromatic rings. The summed E-state index contributed by atoms with van der Waals surface area (Å²) >= 11 is 0. The molecule has 1 aromatic heterocycles. The molecule has 2 heterocycles. The Hall–Kier alpha value is -2.70. The Balaban J connectivity index is 2.06. The summed E-state index contributed by atoms with van der Waals surface area (Å²) in [7, 11) is 0. The molecule has 0 radical (unpaired) electrons. The lowest BCUT2D eigenvalue weighted by Gasteiger charge is -2.25. The minimum atomic E-state index is -0.990. The number of hydrogen-bond acceptors (Lipinski definition) is 2. The summed E-state index contributed by atoms with van der Waals surface area (Å²) in [6.45, 7) is 0.193. The number of halogens is 2. The van der Waals surface area contributed by atoms with E-state index in [0.29, 0.717) is 5.56 Å². The summed E-state index contributed by atoms with van der Waals surface area (Å²) in [5.74, 6) is -2.77. The average molecular weight is 306 g/mol. The van der Waals surface area contributed by atoms with E-state index in [2.05, 4.69) is 5.32 Å². The highest BCUT2D eigenvalue weighted by molar-refractivity contribution is 5.95. The molecule has 1 aliphatic heterocycles. The largest absolute Gasteiger partial charge is 0.481 e. The Labute approximate surface area is 124 Å². The quantitative estimate of drug-likeness (QED) is 0.913. The van der Waals surface area contributed by atoms with Crippen molar-refractivity contribution in [2.75, 3.05) is 6.54 Å². The minimum Gasteiger partial charge on any atom is -0.481 e. The highest BCUT2D eigenvalue weighted by Crippen LogP contribution is 2.29. The van der Waals surface area contributed by atoms with E-state index in [1.807, 2.05) is 0 Å². The molecule has 0 saturated heterocycles. The van der Waals surface area contributed by atoms with Gasteiger partial charge in [0.1, 0.15) is 17.3 Å². The summed E-state index contributed by atoms with van der Waals surface area (Å²) in [6, 6.07) is 4.21. The van der Waals surface area contributed by atoms with Gasteiger partial charge in [-0.1, -0.05) is 0 Å². The van der Waals surface area contributed by atoms with Crippen LogP contribution in [0.4, 0.5) is 8.78 Å². The summed E-state index contributed by atoms with van der Waals surface area (Å²) in [5.41, 5.74) is 0.821. The maximum atomic E-state index is 13.9. The standard InChI is InChI=1S/C15H12F2N2O3/c16-9-1-2-11(12(17)4-9)8-3-13-15(22)18-6-10(5-14(20)21)19(13)7-8/h1-4,7,10H,5-6H2,(H,18,22)(H,20,21)/t10-/m1/s1. The Morgan fingerprint density at radius 3 is 2.82 bits per heavy atom. The molecule has 0 bridgehead atoms. The number of carboxylic acids is 1. The van der Waals surface area contributed by atoms with E-state index in [1.165, 1.54) is 22.9 Å². The fraction of sp³-hybridized carbons (Fsp3) is 0.200. The number of amides is 1. The first-order chi connectivity index (χ1) is 10.5. The second kappa shape index (κ2) is 5.25. The van der Waals surface area contributed by atoms with Crippen molar-refractivity contribution in [2.45, 2.75) is 12.5 Å². The number of aromatic nitrogens is 1. The molecule has 114 valence electrons. The molecule has 5 nitrogen and oxygen atoms in total. The molecular formula is C15H12F2N2O3. The van der Waals surface area contributed by atoms with Crippen LogP contribution in [0, 0.1) is 11.6 Å². The van der Waals surface area contributed by atoms with Gasteiger partial charge in [-0.15, -0.1) is 0 Å². The van der Waals surface area contributed by atoms with Gasteiger partial charge < -0.3 is 15.0 Å². The van der Waals surface area contributed by atoms with Gasteiger partial charge in [0.05, 0.1) is 12.5 Å². The average Bonchev–Trinajstić information content (AvgIpc) is 2.87. The molecule has 22 heavy (non-hydrogen) atoms. The van der Waals surface area contributed by atoms with Crippen LogP contribution < -0.4 is 5.32 Å².